The van der Waals surface area contributed by atoms with Crippen LogP contribution in [0.5, 0.6) is 5.75 Å². The van der Waals surface area contributed by atoms with Crippen LogP contribution in [-0.2, 0) is 17.6 Å². The first-order chi connectivity index (χ1) is 11.7. The van der Waals surface area contributed by atoms with E-state index in [0.29, 0.717) is 25.2 Å². The number of furan rings is 1. The number of ketones is 1. The topological polar surface area (TPSA) is 42.7 Å². The number of rotatable bonds is 4. The summed E-state index contributed by atoms with van der Waals surface area (Å²) in [6.45, 7) is 7.96. The molecule has 0 N–H and O–H groups in total. The van der Waals surface area contributed by atoms with Crippen molar-refractivity contribution in [2.75, 3.05) is 26.2 Å². The summed E-state index contributed by atoms with van der Waals surface area (Å²) in [6, 6.07) is 4.17. The molecule has 1 aliphatic carbocycles. The van der Waals surface area contributed by atoms with Crippen LogP contribution in [0.15, 0.2) is 22.6 Å². The molecule has 0 unspecified atom stereocenters. The van der Waals surface area contributed by atoms with Gasteiger partial charge in [-0.25, -0.2) is 0 Å². The quantitative estimate of drug-likeness (QED) is 0.861. The normalized spacial score (nSPS) is 16.8. The number of Topliss-reactive ketones (excluding diaryl/α,β-unsaturated/α-hetero) is 1. The first-order valence-corrected chi connectivity index (χ1v) is 8.84. The molecule has 24 heavy (non-hydrogen) atoms. The minimum absolute atomic E-state index is 0.304. The largest absolute Gasteiger partial charge is 0.489 e. The van der Waals surface area contributed by atoms with Gasteiger partial charge in [0, 0.05) is 48.4 Å². The predicted molar refractivity (Wildman–Crippen MR) is 94.5 cm³/mol. The first kappa shape index (κ1) is 15.5. The highest BCUT2D eigenvalue weighted by atomic mass is 16.5. The molecule has 1 aliphatic heterocycles. The Morgan fingerprint density at radius 2 is 2.00 bits per heavy atom. The average Bonchev–Trinajstić information content (AvgIpc) is 2.94. The minimum Gasteiger partial charge on any atom is -0.489 e. The van der Waals surface area contributed by atoms with Crippen molar-refractivity contribution in [3.63, 3.8) is 0 Å². The zero-order valence-corrected chi connectivity index (χ0v) is 14.4. The average molecular weight is 325 g/mol. The standard InChI is InChI=1S/C20H23NO3/c1-3-21(4-2)12-13-7-8-23-19-11-20-17(10-15(13)19)16-9-14(22)5-6-18(16)24-20/h7,10-11H,3-6,8-9,12H2,1-2H3. The number of fused-ring (bicyclic) bond motifs is 4. The van der Waals surface area contributed by atoms with Gasteiger partial charge in [0.1, 0.15) is 29.5 Å². The second-order valence-corrected chi connectivity index (χ2v) is 6.57. The molecule has 0 amide bonds. The van der Waals surface area contributed by atoms with Crippen LogP contribution in [0, 0.1) is 0 Å². The van der Waals surface area contributed by atoms with Gasteiger partial charge in [0.2, 0.25) is 0 Å². The molecular formula is C20H23NO3. The monoisotopic (exact) mass is 325 g/mol. The summed E-state index contributed by atoms with van der Waals surface area (Å²) in [4.78, 5) is 14.3. The molecule has 2 aliphatic rings. The van der Waals surface area contributed by atoms with Gasteiger partial charge in [-0.2, -0.15) is 0 Å². The van der Waals surface area contributed by atoms with Gasteiger partial charge in [-0.05, 0) is 30.8 Å². The molecule has 4 rings (SSSR count). The first-order valence-electron chi connectivity index (χ1n) is 8.84. The van der Waals surface area contributed by atoms with Crippen molar-refractivity contribution in [3.8, 4) is 5.75 Å². The van der Waals surface area contributed by atoms with Crippen molar-refractivity contribution in [1.29, 1.82) is 0 Å². The van der Waals surface area contributed by atoms with E-state index >= 15 is 0 Å². The molecule has 0 spiro atoms. The lowest BCUT2D eigenvalue weighted by molar-refractivity contribution is -0.118. The van der Waals surface area contributed by atoms with Crippen molar-refractivity contribution in [1.82, 2.24) is 4.90 Å². The number of hydrogen-bond acceptors (Lipinski definition) is 4. The molecule has 0 atom stereocenters. The fourth-order valence-electron chi connectivity index (χ4n) is 3.71. The van der Waals surface area contributed by atoms with Crippen LogP contribution in [0.4, 0.5) is 0 Å². The Morgan fingerprint density at radius 3 is 2.79 bits per heavy atom. The van der Waals surface area contributed by atoms with Crippen LogP contribution < -0.4 is 4.74 Å². The summed E-state index contributed by atoms with van der Waals surface area (Å²) in [6.07, 6.45) is 3.98. The number of hydrogen-bond donors (Lipinski definition) is 0. The lowest BCUT2D eigenvalue weighted by Gasteiger charge is -2.24. The molecule has 4 heteroatoms. The second kappa shape index (κ2) is 6.10. The van der Waals surface area contributed by atoms with E-state index in [-0.39, 0.29) is 0 Å². The number of nitrogens with zero attached hydrogens (tertiary/aromatic N) is 1. The lowest BCUT2D eigenvalue weighted by Crippen LogP contribution is -2.26. The van der Waals surface area contributed by atoms with E-state index in [9.17, 15) is 4.79 Å². The SMILES string of the molecule is CCN(CC)CC1=CCOc2cc3oc4c(c3cc21)CC(=O)CC4. The van der Waals surface area contributed by atoms with E-state index in [0.717, 1.165) is 59.7 Å². The summed E-state index contributed by atoms with van der Waals surface area (Å²) in [5.74, 6) is 2.17. The van der Waals surface area contributed by atoms with Crippen LogP contribution in [0.25, 0.3) is 16.5 Å². The molecule has 0 saturated carbocycles. The van der Waals surface area contributed by atoms with E-state index in [2.05, 4.69) is 30.9 Å². The van der Waals surface area contributed by atoms with Crippen molar-refractivity contribution >= 4 is 22.3 Å². The third-order valence-electron chi connectivity index (χ3n) is 5.18. The number of carbonyl (C=O) groups is 1. The second-order valence-electron chi connectivity index (χ2n) is 6.57. The molecular weight excluding hydrogens is 302 g/mol. The maximum atomic E-state index is 11.9. The summed E-state index contributed by atoms with van der Waals surface area (Å²) in [5.41, 5.74) is 4.37. The lowest BCUT2D eigenvalue weighted by atomic mass is 9.92. The van der Waals surface area contributed by atoms with Crippen LogP contribution >= 0.6 is 0 Å². The van der Waals surface area contributed by atoms with E-state index < -0.39 is 0 Å². The minimum atomic E-state index is 0.304. The summed E-state index contributed by atoms with van der Waals surface area (Å²) >= 11 is 0. The van der Waals surface area contributed by atoms with E-state index in [1.165, 1.54) is 5.57 Å². The molecule has 0 saturated heterocycles. The Labute approximate surface area is 142 Å². The Balaban J connectivity index is 1.79. The van der Waals surface area contributed by atoms with Crippen molar-refractivity contribution in [3.05, 3.63) is 35.1 Å². The Kier molecular flexibility index (Phi) is 3.93. The molecule has 0 radical (unpaired) electrons. The fraction of sp³-hybridized carbons (Fsp3) is 0.450. The van der Waals surface area contributed by atoms with E-state index in [1.54, 1.807) is 0 Å². The molecule has 2 aromatic rings. The summed E-state index contributed by atoms with van der Waals surface area (Å²) in [7, 11) is 0. The maximum absolute atomic E-state index is 11.9. The van der Waals surface area contributed by atoms with Crippen LogP contribution in [0.3, 0.4) is 0 Å². The molecule has 0 bridgehead atoms. The molecule has 2 heterocycles. The number of likely N-dealkylation sites (N-methyl/N-ethyl adjacent to an activating group) is 1. The Morgan fingerprint density at radius 1 is 1.17 bits per heavy atom. The van der Waals surface area contributed by atoms with Crippen molar-refractivity contribution in [2.45, 2.75) is 33.1 Å². The predicted octanol–water partition coefficient (Wildman–Crippen LogP) is 3.61. The van der Waals surface area contributed by atoms with Gasteiger partial charge in [-0.1, -0.05) is 13.8 Å². The molecule has 1 aromatic heterocycles. The molecule has 126 valence electrons. The highest BCUT2D eigenvalue weighted by Crippen LogP contribution is 2.39. The number of carbonyl (C=O) groups excluding carboxylic acids is 1. The van der Waals surface area contributed by atoms with Gasteiger partial charge in [-0.3, -0.25) is 9.69 Å². The van der Waals surface area contributed by atoms with Crippen molar-refractivity contribution in [2.24, 2.45) is 0 Å². The van der Waals surface area contributed by atoms with Gasteiger partial charge in [0.05, 0.1) is 0 Å². The molecule has 1 aromatic carbocycles. The van der Waals surface area contributed by atoms with Gasteiger partial charge < -0.3 is 9.15 Å². The smallest absolute Gasteiger partial charge is 0.138 e. The maximum Gasteiger partial charge on any atom is 0.138 e. The van der Waals surface area contributed by atoms with Gasteiger partial charge in [0.15, 0.2) is 0 Å². The number of ether oxygens (including phenoxy) is 1. The van der Waals surface area contributed by atoms with Crippen LogP contribution in [0.1, 0.15) is 37.2 Å². The van der Waals surface area contributed by atoms with Crippen LogP contribution in [-0.4, -0.2) is 36.9 Å². The third kappa shape index (κ3) is 2.55. The summed E-state index contributed by atoms with van der Waals surface area (Å²) in [5, 5.41) is 1.08. The van der Waals surface area contributed by atoms with Crippen molar-refractivity contribution < 1.29 is 13.9 Å². The van der Waals surface area contributed by atoms with Gasteiger partial charge in [0.25, 0.3) is 0 Å². The molecule has 0 fully saturated rings. The highest BCUT2D eigenvalue weighted by Gasteiger charge is 2.25. The van der Waals surface area contributed by atoms with E-state index in [4.69, 9.17) is 9.15 Å². The Bertz CT molecular complexity index is 827. The fourth-order valence-corrected chi connectivity index (χ4v) is 3.71. The number of aryl methyl sites for hydroxylation is 1. The third-order valence-corrected chi connectivity index (χ3v) is 5.18. The Hall–Kier alpha value is -2.07. The van der Waals surface area contributed by atoms with Gasteiger partial charge in [-0.15, -0.1) is 0 Å². The summed E-state index contributed by atoms with van der Waals surface area (Å²) < 4.78 is 11.8. The van der Waals surface area contributed by atoms with Crippen LogP contribution in [0.2, 0.25) is 0 Å². The zero-order chi connectivity index (χ0) is 16.7. The molecule has 4 nitrogen and oxygen atoms in total. The van der Waals surface area contributed by atoms with Gasteiger partial charge >= 0.3 is 0 Å². The highest BCUT2D eigenvalue weighted by molar-refractivity contribution is 5.94. The zero-order valence-electron chi connectivity index (χ0n) is 14.4. The number of benzene rings is 1. The van der Waals surface area contributed by atoms with E-state index in [1.807, 2.05) is 6.07 Å².